The maximum Gasteiger partial charge on any atom is 0.0590 e. The van der Waals surface area contributed by atoms with Gasteiger partial charge in [-0.25, -0.2) is 0 Å². The van der Waals surface area contributed by atoms with E-state index in [1.54, 1.807) is 0 Å². The van der Waals surface area contributed by atoms with Crippen molar-refractivity contribution in [3.63, 3.8) is 0 Å². The molecule has 1 aliphatic heterocycles. The third kappa shape index (κ3) is 0.705. The fourth-order valence-corrected chi connectivity index (χ4v) is 1.74. The molecule has 1 fully saturated rings. The fraction of sp³-hybridized carbons (Fsp3) is 0.714. The zero-order chi connectivity index (χ0) is 6.27. The Hall–Kier alpha value is -0.340. The minimum Gasteiger partial charge on any atom is -0.395 e. The van der Waals surface area contributed by atoms with Crippen LogP contribution in [0.5, 0.6) is 0 Å². The maximum absolute atomic E-state index is 8.79. The molecular weight excluding hydrogens is 114 g/mol. The number of aliphatic hydroxyl groups excluding tert-OH is 1. The smallest absolute Gasteiger partial charge is 0.0590 e. The topological polar surface area (TPSA) is 32.3 Å². The van der Waals surface area contributed by atoms with E-state index < -0.39 is 0 Å². The normalized spacial score (nSPS) is 46.6. The van der Waals surface area contributed by atoms with Gasteiger partial charge in [0.1, 0.15) is 0 Å². The molecule has 1 saturated heterocycles. The molecule has 2 heteroatoms. The molecule has 0 aromatic rings. The van der Waals surface area contributed by atoms with Crippen LogP contribution in [0, 0.1) is 5.92 Å². The molecule has 2 bridgehead atoms. The van der Waals surface area contributed by atoms with Crippen molar-refractivity contribution in [2.75, 3.05) is 6.61 Å². The van der Waals surface area contributed by atoms with Gasteiger partial charge in [-0.3, -0.25) is 0 Å². The van der Waals surface area contributed by atoms with Crippen molar-refractivity contribution in [2.24, 2.45) is 5.92 Å². The number of fused-ring (bicyclic) bond motifs is 2. The average molecular weight is 125 g/mol. The summed E-state index contributed by atoms with van der Waals surface area (Å²) >= 11 is 0. The van der Waals surface area contributed by atoms with E-state index >= 15 is 0 Å². The van der Waals surface area contributed by atoms with Crippen LogP contribution in [0.4, 0.5) is 0 Å². The highest BCUT2D eigenvalue weighted by Crippen LogP contribution is 2.28. The monoisotopic (exact) mass is 125 g/mol. The van der Waals surface area contributed by atoms with Crippen LogP contribution in [-0.2, 0) is 0 Å². The molecule has 0 amide bonds. The third-order valence-electron chi connectivity index (χ3n) is 2.26. The Labute approximate surface area is 54.6 Å². The number of hydrogen-bond donors (Lipinski definition) is 2. The van der Waals surface area contributed by atoms with Gasteiger partial charge in [0.15, 0.2) is 0 Å². The molecule has 50 valence electrons. The summed E-state index contributed by atoms with van der Waals surface area (Å²) in [7, 11) is 0. The van der Waals surface area contributed by atoms with Gasteiger partial charge >= 0.3 is 0 Å². The van der Waals surface area contributed by atoms with Crippen molar-refractivity contribution in [3.05, 3.63) is 12.2 Å². The Bertz CT molecular complexity index is 144. The van der Waals surface area contributed by atoms with E-state index in [9.17, 15) is 0 Å². The SMILES string of the molecule is OCC1N[C@@H]2C=C[C@H]1C2. The van der Waals surface area contributed by atoms with Crippen molar-refractivity contribution in [3.8, 4) is 0 Å². The van der Waals surface area contributed by atoms with Gasteiger partial charge in [0, 0.05) is 12.1 Å². The molecule has 0 spiro atoms. The lowest BCUT2D eigenvalue weighted by Gasteiger charge is -2.15. The second-order valence-corrected chi connectivity index (χ2v) is 2.85. The zero-order valence-corrected chi connectivity index (χ0v) is 5.25. The van der Waals surface area contributed by atoms with Crippen molar-refractivity contribution in [1.82, 2.24) is 5.32 Å². The summed E-state index contributed by atoms with van der Waals surface area (Å²) < 4.78 is 0. The second kappa shape index (κ2) is 1.82. The van der Waals surface area contributed by atoms with Crippen LogP contribution in [0.1, 0.15) is 6.42 Å². The van der Waals surface area contributed by atoms with Gasteiger partial charge < -0.3 is 10.4 Å². The minimum absolute atomic E-state index is 0.283. The highest BCUT2D eigenvalue weighted by atomic mass is 16.3. The summed E-state index contributed by atoms with van der Waals surface area (Å²) in [5.41, 5.74) is 0. The van der Waals surface area contributed by atoms with Gasteiger partial charge in [-0.05, 0) is 12.3 Å². The van der Waals surface area contributed by atoms with Gasteiger partial charge in [-0.15, -0.1) is 0 Å². The van der Waals surface area contributed by atoms with E-state index in [0.29, 0.717) is 18.0 Å². The van der Waals surface area contributed by atoms with Gasteiger partial charge in [0.2, 0.25) is 0 Å². The number of rotatable bonds is 1. The lowest BCUT2D eigenvalue weighted by Crippen LogP contribution is -2.35. The summed E-state index contributed by atoms with van der Waals surface area (Å²) in [5, 5.41) is 12.1. The Morgan fingerprint density at radius 1 is 1.56 bits per heavy atom. The van der Waals surface area contributed by atoms with Crippen LogP contribution in [0.2, 0.25) is 0 Å². The Morgan fingerprint density at radius 2 is 2.44 bits per heavy atom. The Kier molecular flexibility index (Phi) is 1.10. The predicted octanol–water partition coefficient (Wildman–Crippen LogP) is -0.105. The molecule has 1 unspecified atom stereocenters. The lowest BCUT2D eigenvalue weighted by molar-refractivity contribution is 0.236. The average Bonchev–Trinajstić information content (AvgIpc) is 2.45. The second-order valence-electron chi connectivity index (χ2n) is 2.85. The molecule has 0 saturated carbocycles. The summed E-state index contributed by atoms with van der Waals surface area (Å²) in [6.07, 6.45) is 5.60. The molecule has 3 atom stereocenters. The van der Waals surface area contributed by atoms with E-state index in [0.717, 1.165) is 0 Å². The molecule has 2 N–H and O–H groups in total. The molecule has 2 nitrogen and oxygen atoms in total. The van der Waals surface area contributed by atoms with Crippen molar-refractivity contribution >= 4 is 0 Å². The van der Waals surface area contributed by atoms with Gasteiger partial charge in [0.25, 0.3) is 0 Å². The minimum atomic E-state index is 0.283. The van der Waals surface area contributed by atoms with Crippen molar-refractivity contribution in [2.45, 2.75) is 18.5 Å². The first-order valence-electron chi connectivity index (χ1n) is 3.45. The summed E-state index contributed by atoms with van der Waals surface area (Å²) in [6.45, 7) is 0.283. The predicted molar refractivity (Wildman–Crippen MR) is 35.0 cm³/mol. The zero-order valence-electron chi connectivity index (χ0n) is 5.25. The van der Waals surface area contributed by atoms with Crippen LogP contribution in [0.25, 0.3) is 0 Å². The first kappa shape index (κ1) is 5.45. The molecule has 1 aliphatic carbocycles. The third-order valence-corrected chi connectivity index (χ3v) is 2.26. The van der Waals surface area contributed by atoms with Crippen molar-refractivity contribution < 1.29 is 5.11 Å². The van der Waals surface area contributed by atoms with E-state index in [2.05, 4.69) is 17.5 Å². The van der Waals surface area contributed by atoms with E-state index in [4.69, 9.17) is 5.11 Å². The molecule has 0 aromatic carbocycles. The van der Waals surface area contributed by atoms with E-state index in [1.807, 2.05) is 0 Å². The van der Waals surface area contributed by atoms with Crippen molar-refractivity contribution in [1.29, 1.82) is 0 Å². The summed E-state index contributed by atoms with van der Waals surface area (Å²) in [6, 6.07) is 0.909. The Morgan fingerprint density at radius 3 is 2.78 bits per heavy atom. The standard InChI is InChI=1S/C7H11NO/c9-4-7-5-1-2-6(3-5)8-7/h1-2,5-9H,3-4H2/t5-,6+,7?/m0/s1. The summed E-state index contributed by atoms with van der Waals surface area (Å²) in [5.74, 6) is 0.611. The maximum atomic E-state index is 8.79. The van der Waals surface area contributed by atoms with Crippen LogP contribution >= 0.6 is 0 Å². The van der Waals surface area contributed by atoms with Crippen LogP contribution in [0.15, 0.2) is 12.2 Å². The number of aliphatic hydroxyl groups is 1. The first-order valence-corrected chi connectivity index (χ1v) is 3.45. The van der Waals surface area contributed by atoms with E-state index in [-0.39, 0.29) is 6.61 Å². The Balaban J connectivity index is 2.10. The van der Waals surface area contributed by atoms with Crippen LogP contribution < -0.4 is 5.32 Å². The quantitative estimate of drug-likeness (QED) is 0.479. The molecule has 9 heavy (non-hydrogen) atoms. The summed E-state index contributed by atoms with van der Waals surface area (Å²) in [4.78, 5) is 0. The number of hydrogen-bond acceptors (Lipinski definition) is 2. The molecule has 1 heterocycles. The van der Waals surface area contributed by atoms with Crippen LogP contribution in [0.3, 0.4) is 0 Å². The number of nitrogens with one attached hydrogen (secondary N) is 1. The fourth-order valence-electron chi connectivity index (χ4n) is 1.74. The van der Waals surface area contributed by atoms with Gasteiger partial charge in [-0.1, -0.05) is 12.2 Å². The van der Waals surface area contributed by atoms with Crippen LogP contribution in [-0.4, -0.2) is 23.8 Å². The lowest BCUT2D eigenvalue weighted by atomic mass is 10.0. The molecule has 2 aliphatic rings. The van der Waals surface area contributed by atoms with Gasteiger partial charge in [-0.2, -0.15) is 0 Å². The van der Waals surface area contributed by atoms with Gasteiger partial charge in [0.05, 0.1) is 6.61 Å². The molecule has 0 aromatic heterocycles. The molecule has 2 rings (SSSR count). The molecule has 0 radical (unpaired) electrons. The van der Waals surface area contributed by atoms with E-state index in [1.165, 1.54) is 6.42 Å². The largest absolute Gasteiger partial charge is 0.395 e. The first-order chi connectivity index (χ1) is 4.40. The molecular formula is C7H11NO. The highest BCUT2D eigenvalue weighted by Gasteiger charge is 2.33. The highest BCUT2D eigenvalue weighted by molar-refractivity contribution is 5.15.